The van der Waals surface area contributed by atoms with E-state index in [1.807, 2.05) is 53.8 Å². The molecule has 2 aromatic carbocycles. The fourth-order valence-corrected chi connectivity index (χ4v) is 4.67. The SMILES string of the molecule is Cc1c(CCC(=O)N2CCN(c3ccccc3)CC2)c(=O)n2nc(-c3ccc(Cl)cc3)nc2n1C. The van der Waals surface area contributed by atoms with E-state index in [-0.39, 0.29) is 17.9 Å². The lowest BCUT2D eigenvalue weighted by atomic mass is 10.1. The van der Waals surface area contributed by atoms with Gasteiger partial charge in [-0.2, -0.15) is 9.50 Å². The van der Waals surface area contributed by atoms with Gasteiger partial charge in [-0.15, -0.1) is 5.10 Å². The Morgan fingerprint density at radius 2 is 1.69 bits per heavy atom. The first kappa shape index (κ1) is 23.1. The zero-order chi connectivity index (χ0) is 24.5. The van der Waals surface area contributed by atoms with Crippen LogP contribution in [0.2, 0.25) is 5.02 Å². The molecule has 0 N–H and O–H groups in total. The van der Waals surface area contributed by atoms with Crippen LogP contribution in [-0.2, 0) is 18.3 Å². The van der Waals surface area contributed by atoms with Gasteiger partial charge < -0.3 is 14.4 Å². The lowest BCUT2D eigenvalue weighted by Crippen LogP contribution is -2.48. The maximum Gasteiger partial charge on any atom is 0.279 e. The quantitative estimate of drug-likeness (QED) is 0.429. The zero-order valence-corrected chi connectivity index (χ0v) is 20.6. The van der Waals surface area contributed by atoms with Crippen molar-refractivity contribution in [2.45, 2.75) is 19.8 Å². The molecule has 8 nitrogen and oxygen atoms in total. The van der Waals surface area contributed by atoms with Gasteiger partial charge in [-0.05, 0) is 49.7 Å². The summed E-state index contributed by atoms with van der Waals surface area (Å²) < 4.78 is 3.18. The lowest BCUT2D eigenvalue weighted by Gasteiger charge is -2.36. The number of rotatable bonds is 5. The highest BCUT2D eigenvalue weighted by Crippen LogP contribution is 2.20. The summed E-state index contributed by atoms with van der Waals surface area (Å²) in [4.78, 5) is 35.0. The second-order valence-corrected chi connectivity index (χ2v) is 9.22. The Morgan fingerprint density at radius 1 is 1.00 bits per heavy atom. The van der Waals surface area contributed by atoms with Gasteiger partial charge in [0.2, 0.25) is 11.7 Å². The van der Waals surface area contributed by atoms with Gasteiger partial charge in [0.25, 0.3) is 5.56 Å². The molecule has 0 aliphatic carbocycles. The van der Waals surface area contributed by atoms with Crippen LogP contribution in [0.3, 0.4) is 0 Å². The number of carbonyl (C=O) groups excluding carboxylic acids is 1. The van der Waals surface area contributed by atoms with E-state index in [9.17, 15) is 9.59 Å². The molecule has 2 aromatic heterocycles. The highest BCUT2D eigenvalue weighted by Gasteiger charge is 2.23. The Morgan fingerprint density at radius 3 is 2.37 bits per heavy atom. The first-order valence-corrected chi connectivity index (χ1v) is 12.1. The normalized spacial score (nSPS) is 14.0. The molecule has 1 fully saturated rings. The fraction of sp³-hybridized carbons (Fsp3) is 0.308. The van der Waals surface area contributed by atoms with Gasteiger partial charge in [-0.3, -0.25) is 9.59 Å². The summed E-state index contributed by atoms with van der Waals surface area (Å²) in [5.41, 5.74) is 3.10. The molecule has 4 aromatic rings. The number of benzene rings is 2. The summed E-state index contributed by atoms with van der Waals surface area (Å²) in [5.74, 6) is 0.988. The van der Waals surface area contributed by atoms with E-state index in [4.69, 9.17) is 11.6 Å². The van der Waals surface area contributed by atoms with E-state index >= 15 is 0 Å². The number of fused-ring (bicyclic) bond motifs is 1. The van der Waals surface area contributed by atoms with Crippen LogP contribution >= 0.6 is 11.6 Å². The molecule has 180 valence electrons. The predicted molar refractivity (Wildman–Crippen MR) is 137 cm³/mol. The Hall–Kier alpha value is -3.65. The summed E-state index contributed by atoms with van der Waals surface area (Å²) in [6.45, 7) is 4.84. The number of amides is 1. The first-order valence-electron chi connectivity index (χ1n) is 11.7. The van der Waals surface area contributed by atoms with Crippen molar-refractivity contribution in [1.82, 2.24) is 24.1 Å². The van der Waals surface area contributed by atoms with Gasteiger partial charge in [-0.25, -0.2) is 0 Å². The van der Waals surface area contributed by atoms with Gasteiger partial charge in [0.1, 0.15) is 0 Å². The second kappa shape index (κ2) is 9.54. The molecular weight excluding hydrogens is 464 g/mol. The maximum atomic E-state index is 13.3. The molecule has 5 rings (SSSR count). The third-order valence-corrected chi connectivity index (χ3v) is 6.98. The van der Waals surface area contributed by atoms with Gasteiger partial charge in [0.15, 0.2) is 5.82 Å². The third kappa shape index (κ3) is 4.53. The molecule has 0 unspecified atom stereocenters. The Bertz CT molecular complexity index is 1420. The van der Waals surface area contributed by atoms with Crippen LogP contribution in [0.15, 0.2) is 59.4 Å². The van der Waals surface area contributed by atoms with E-state index in [1.165, 1.54) is 10.2 Å². The molecule has 1 saturated heterocycles. The van der Waals surface area contributed by atoms with Crippen LogP contribution < -0.4 is 10.5 Å². The van der Waals surface area contributed by atoms with Crippen molar-refractivity contribution >= 4 is 29.0 Å². The molecule has 3 heterocycles. The summed E-state index contributed by atoms with van der Waals surface area (Å²) in [6.07, 6.45) is 0.647. The number of para-hydroxylation sites is 1. The second-order valence-electron chi connectivity index (χ2n) is 8.79. The standard InChI is InChI=1S/C26H27ClN6O2/c1-18-22(12-13-23(34)32-16-14-31(15-17-32)21-6-4-3-5-7-21)25(35)33-26(30(18)2)28-24(29-33)19-8-10-20(27)11-9-19/h3-11H,12-17H2,1-2H3. The number of aryl methyl sites for hydroxylation is 1. The van der Waals surface area contributed by atoms with E-state index in [1.54, 1.807) is 12.1 Å². The summed E-state index contributed by atoms with van der Waals surface area (Å²) >= 11 is 5.99. The highest BCUT2D eigenvalue weighted by molar-refractivity contribution is 6.30. The average molecular weight is 491 g/mol. The van der Waals surface area contributed by atoms with Crippen molar-refractivity contribution < 1.29 is 4.79 Å². The fourth-order valence-electron chi connectivity index (χ4n) is 4.54. The van der Waals surface area contributed by atoms with Crippen molar-refractivity contribution in [3.63, 3.8) is 0 Å². The largest absolute Gasteiger partial charge is 0.368 e. The summed E-state index contributed by atoms with van der Waals surface area (Å²) in [7, 11) is 1.86. The number of hydrogen-bond donors (Lipinski definition) is 0. The Balaban J connectivity index is 1.31. The summed E-state index contributed by atoms with van der Waals surface area (Å²) in [6, 6.07) is 17.4. The number of piperazine rings is 1. The molecule has 1 amide bonds. The predicted octanol–water partition coefficient (Wildman–Crippen LogP) is 3.34. The molecule has 0 spiro atoms. The molecular formula is C26H27ClN6O2. The van der Waals surface area contributed by atoms with Crippen molar-refractivity contribution in [3.05, 3.63) is 81.2 Å². The van der Waals surface area contributed by atoms with Crippen LogP contribution in [0.4, 0.5) is 5.69 Å². The first-order chi connectivity index (χ1) is 16.9. The number of nitrogens with zero attached hydrogens (tertiary/aromatic N) is 6. The Kier molecular flexibility index (Phi) is 6.30. The number of aromatic nitrogens is 4. The zero-order valence-electron chi connectivity index (χ0n) is 19.8. The molecule has 0 radical (unpaired) electrons. The lowest BCUT2D eigenvalue weighted by molar-refractivity contribution is -0.131. The molecule has 35 heavy (non-hydrogen) atoms. The van der Waals surface area contributed by atoms with E-state index < -0.39 is 0 Å². The molecule has 0 saturated carbocycles. The molecule has 9 heteroatoms. The smallest absolute Gasteiger partial charge is 0.279 e. The maximum absolute atomic E-state index is 13.3. The summed E-state index contributed by atoms with van der Waals surface area (Å²) in [5, 5.41) is 5.08. The van der Waals surface area contributed by atoms with Gasteiger partial charge in [0, 0.05) is 67.2 Å². The van der Waals surface area contributed by atoms with E-state index in [0.29, 0.717) is 41.7 Å². The van der Waals surface area contributed by atoms with Crippen molar-refractivity contribution in [1.29, 1.82) is 0 Å². The minimum absolute atomic E-state index is 0.0692. The van der Waals surface area contributed by atoms with Crippen LogP contribution in [0.5, 0.6) is 0 Å². The Labute approximate surface area is 208 Å². The molecule has 0 bridgehead atoms. The van der Waals surface area contributed by atoms with Crippen LogP contribution in [0.25, 0.3) is 17.2 Å². The minimum Gasteiger partial charge on any atom is -0.368 e. The van der Waals surface area contributed by atoms with Crippen LogP contribution in [-0.4, -0.2) is 56.2 Å². The monoisotopic (exact) mass is 490 g/mol. The van der Waals surface area contributed by atoms with Crippen molar-refractivity contribution in [3.8, 4) is 11.4 Å². The van der Waals surface area contributed by atoms with Gasteiger partial charge >= 0.3 is 0 Å². The number of hydrogen-bond acceptors (Lipinski definition) is 5. The van der Waals surface area contributed by atoms with Crippen LogP contribution in [0.1, 0.15) is 17.7 Å². The number of carbonyl (C=O) groups is 1. The van der Waals surface area contributed by atoms with Crippen molar-refractivity contribution in [2.75, 3.05) is 31.1 Å². The molecule has 1 aliphatic heterocycles. The number of anilines is 1. The van der Waals surface area contributed by atoms with E-state index in [2.05, 4.69) is 27.1 Å². The van der Waals surface area contributed by atoms with Crippen molar-refractivity contribution in [2.24, 2.45) is 7.05 Å². The van der Waals surface area contributed by atoms with Gasteiger partial charge in [0.05, 0.1) is 0 Å². The third-order valence-electron chi connectivity index (χ3n) is 6.73. The molecule has 0 atom stereocenters. The topological polar surface area (TPSA) is 75.7 Å². The minimum atomic E-state index is -0.231. The number of halogens is 1. The van der Waals surface area contributed by atoms with E-state index in [0.717, 1.165) is 24.3 Å². The highest BCUT2D eigenvalue weighted by atomic mass is 35.5. The van der Waals surface area contributed by atoms with Crippen LogP contribution in [0, 0.1) is 6.92 Å². The van der Waals surface area contributed by atoms with Gasteiger partial charge in [-0.1, -0.05) is 29.8 Å². The average Bonchev–Trinajstić information content (AvgIpc) is 3.34. The molecule has 1 aliphatic rings.